The van der Waals surface area contributed by atoms with Gasteiger partial charge in [-0.15, -0.1) is 0 Å². The number of rotatable bonds is 3. The van der Waals surface area contributed by atoms with E-state index in [0.29, 0.717) is 17.5 Å². The fourth-order valence-electron chi connectivity index (χ4n) is 2.37. The molecule has 0 saturated heterocycles. The first-order valence-electron chi connectivity index (χ1n) is 5.80. The molecule has 102 valence electrons. The smallest absolute Gasteiger partial charge is 0.335 e. The maximum absolute atomic E-state index is 10.9. The Balaban J connectivity index is 2.49. The lowest BCUT2D eigenvalue weighted by Gasteiger charge is -2.37. The molecule has 0 amide bonds. The number of carboxylic acid groups (broad SMARTS) is 2. The highest BCUT2D eigenvalue weighted by atomic mass is 16.6. The Morgan fingerprint density at radius 2 is 2.11 bits per heavy atom. The lowest BCUT2D eigenvalue weighted by molar-refractivity contribution is -0.247. The molecule has 0 aromatic heterocycles. The molecule has 1 aliphatic heterocycles. The van der Waals surface area contributed by atoms with Gasteiger partial charge >= 0.3 is 11.9 Å². The molecule has 0 spiro atoms. The molecule has 1 aromatic carbocycles. The van der Waals surface area contributed by atoms with Gasteiger partial charge in [0, 0.05) is 5.56 Å². The third-order valence-corrected chi connectivity index (χ3v) is 3.07. The molecule has 0 fully saturated rings. The van der Waals surface area contributed by atoms with Gasteiger partial charge in [0.05, 0.1) is 11.7 Å². The number of aliphatic hydroxyl groups is 1. The minimum atomic E-state index is -1.91. The van der Waals surface area contributed by atoms with Crippen LogP contribution in [0.4, 0.5) is 0 Å². The van der Waals surface area contributed by atoms with E-state index in [1.807, 2.05) is 0 Å². The van der Waals surface area contributed by atoms with Gasteiger partial charge in [0.2, 0.25) is 5.79 Å². The van der Waals surface area contributed by atoms with E-state index in [0.717, 1.165) is 0 Å². The third kappa shape index (κ3) is 2.59. The molecule has 3 N–H and O–H groups in total. The van der Waals surface area contributed by atoms with E-state index in [9.17, 15) is 14.7 Å². The molecule has 2 rings (SSSR count). The van der Waals surface area contributed by atoms with Crippen molar-refractivity contribution in [3.8, 4) is 0 Å². The summed E-state index contributed by atoms with van der Waals surface area (Å²) in [5.74, 6) is -4.16. The number of fused-ring (bicyclic) bond motifs is 1. The van der Waals surface area contributed by atoms with Crippen LogP contribution in [0.15, 0.2) is 18.2 Å². The van der Waals surface area contributed by atoms with Gasteiger partial charge in [-0.25, -0.2) is 4.79 Å². The van der Waals surface area contributed by atoms with Gasteiger partial charge < -0.3 is 20.1 Å². The number of aliphatic carboxylic acids is 1. The highest BCUT2D eigenvalue weighted by Gasteiger charge is 2.40. The average Bonchev–Trinajstić information content (AvgIpc) is 2.25. The van der Waals surface area contributed by atoms with E-state index in [2.05, 4.69) is 0 Å². The number of carbonyl (C=O) groups is 2. The summed E-state index contributed by atoms with van der Waals surface area (Å²) in [5, 5.41) is 28.1. The molecule has 19 heavy (non-hydrogen) atoms. The largest absolute Gasteiger partial charge is 0.481 e. The topological polar surface area (TPSA) is 104 Å². The van der Waals surface area contributed by atoms with Crippen molar-refractivity contribution in [2.75, 3.05) is 0 Å². The van der Waals surface area contributed by atoms with Crippen LogP contribution in [-0.4, -0.2) is 33.4 Å². The van der Waals surface area contributed by atoms with E-state index in [1.54, 1.807) is 6.92 Å². The first-order valence-corrected chi connectivity index (χ1v) is 5.80. The van der Waals surface area contributed by atoms with Gasteiger partial charge in [0.15, 0.2) is 0 Å². The molecule has 0 bridgehead atoms. The standard InChI is InChI=1S/C13H14O6/c1-7-4-9-5-8(12(16)17)2-3-10(9)13(18,19-7)6-11(14)15/h2-3,5,7,18H,4,6H2,1H3,(H,14,15)(H,16,17)/t7-,13?/m1/s1. The van der Waals surface area contributed by atoms with Crippen molar-refractivity contribution in [3.63, 3.8) is 0 Å². The number of carboxylic acids is 2. The Morgan fingerprint density at radius 3 is 2.68 bits per heavy atom. The molecule has 1 unspecified atom stereocenters. The van der Waals surface area contributed by atoms with Gasteiger partial charge in [-0.1, -0.05) is 6.07 Å². The summed E-state index contributed by atoms with van der Waals surface area (Å²) in [4.78, 5) is 21.7. The van der Waals surface area contributed by atoms with Crippen LogP contribution in [0.1, 0.15) is 34.8 Å². The normalized spacial score (nSPS) is 25.7. The monoisotopic (exact) mass is 266 g/mol. The van der Waals surface area contributed by atoms with E-state index >= 15 is 0 Å². The van der Waals surface area contributed by atoms with E-state index < -0.39 is 24.1 Å². The quantitative estimate of drug-likeness (QED) is 0.753. The highest BCUT2D eigenvalue weighted by molar-refractivity contribution is 5.88. The second-order valence-corrected chi connectivity index (χ2v) is 4.66. The van der Waals surface area contributed by atoms with Crippen LogP contribution in [0.25, 0.3) is 0 Å². The number of aromatic carboxylic acids is 1. The van der Waals surface area contributed by atoms with Gasteiger partial charge in [-0.3, -0.25) is 4.79 Å². The molecular formula is C13H14O6. The fraction of sp³-hybridized carbons (Fsp3) is 0.385. The van der Waals surface area contributed by atoms with E-state index in [-0.39, 0.29) is 11.7 Å². The second-order valence-electron chi connectivity index (χ2n) is 4.66. The van der Waals surface area contributed by atoms with Gasteiger partial charge in [0.1, 0.15) is 6.42 Å². The minimum absolute atomic E-state index is 0.102. The lowest BCUT2D eigenvalue weighted by atomic mass is 9.89. The zero-order valence-electron chi connectivity index (χ0n) is 10.3. The van der Waals surface area contributed by atoms with Crippen molar-refractivity contribution < 1.29 is 29.6 Å². The molecule has 0 radical (unpaired) electrons. The molecule has 6 nitrogen and oxygen atoms in total. The van der Waals surface area contributed by atoms with Gasteiger partial charge in [-0.2, -0.15) is 0 Å². The molecular weight excluding hydrogens is 252 g/mol. The van der Waals surface area contributed by atoms with Crippen LogP contribution >= 0.6 is 0 Å². The molecule has 0 saturated carbocycles. The van der Waals surface area contributed by atoms with Crippen LogP contribution in [-0.2, 0) is 21.7 Å². The number of benzene rings is 1. The van der Waals surface area contributed by atoms with Crippen molar-refractivity contribution in [2.45, 2.75) is 31.7 Å². The van der Waals surface area contributed by atoms with Crippen LogP contribution in [0.3, 0.4) is 0 Å². The molecule has 1 aliphatic rings. The summed E-state index contributed by atoms with van der Waals surface area (Å²) < 4.78 is 5.34. The van der Waals surface area contributed by atoms with Crippen molar-refractivity contribution in [1.82, 2.24) is 0 Å². The fourth-order valence-corrected chi connectivity index (χ4v) is 2.37. The average molecular weight is 266 g/mol. The minimum Gasteiger partial charge on any atom is -0.481 e. The van der Waals surface area contributed by atoms with E-state index in [1.165, 1.54) is 18.2 Å². The molecule has 1 aromatic rings. The van der Waals surface area contributed by atoms with Crippen LogP contribution in [0.5, 0.6) is 0 Å². The number of hydrogen-bond donors (Lipinski definition) is 3. The van der Waals surface area contributed by atoms with Crippen molar-refractivity contribution in [3.05, 3.63) is 34.9 Å². The Morgan fingerprint density at radius 1 is 1.42 bits per heavy atom. The zero-order chi connectivity index (χ0) is 14.2. The molecule has 6 heteroatoms. The van der Waals surface area contributed by atoms with E-state index in [4.69, 9.17) is 14.9 Å². The maximum atomic E-state index is 10.9. The van der Waals surface area contributed by atoms with Crippen LogP contribution in [0.2, 0.25) is 0 Å². The number of ether oxygens (including phenoxy) is 1. The molecule has 1 heterocycles. The second kappa shape index (κ2) is 4.64. The predicted molar refractivity (Wildman–Crippen MR) is 63.8 cm³/mol. The zero-order valence-corrected chi connectivity index (χ0v) is 10.3. The highest BCUT2D eigenvalue weighted by Crippen LogP contribution is 2.36. The Labute approximate surface area is 109 Å². The molecule has 0 aliphatic carbocycles. The SMILES string of the molecule is C[C@@H]1Cc2cc(C(=O)O)ccc2C(O)(CC(=O)O)O1. The summed E-state index contributed by atoms with van der Waals surface area (Å²) >= 11 is 0. The molecule has 2 atom stereocenters. The van der Waals surface area contributed by atoms with Crippen molar-refractivity contribution in [2.24, 2.45) is 0 Å². The Bertz CT molecular complexity index is 538. The first-order chi connectivity index (χ1) is 8.82. The number of hydrogen-bond acceptors (Lipinski definition) is 4. The Hall–Kier alpha value is -1.92. The predicted octanol–water partition coefficient (Wildman–Crippen LogP) is 0.966. The summed E-state index contributed by atoms with van der Waals surface area (Å²) in [6.07, 6.45) is -0.546. The van der Waals surface area contributed by atoms with Crippen molar-refractivity contribution >= 4 is 11.9 Å². The maximum Gasteiger partial charge on any atom is 0.335 e. The Kier molecular flexibility index (Phi) is 3.30. The first kappa shape index (κ1) is 13.5. The summed E-state index contributed by atoms with van der Waals surface area (Å²) in [5.41, 5.74) is 1.02. The van der Waals surface area contributed by atoms with Crippen molar-refractivity contribution in [1.29, 1.82) is 0 Å². The summed E-state index contributed by atoms with van der Waals surface area (Å²) in [6, 6.07) is 4.18. The van der Waals surface area contributed by atoms with Crippen LogP contribution in [0, 0.1) is 0 Å². The van der Waals surface area contributed by atoms with Gasteiger partial charge in [0.25, 0.3) is 0 Å². The van der Waals surface area contributed by atoms with Crippen LogP contribution < -0.4 is 0 Å². The van der Waals surface area contributed by atoms with Gasteiger partial charge in [-0.05, 0) is 31.0 Å². The summed E-state index contributed by atoms with van der Waals surface area (Å²) in [6.45, 7) is 1.70. The lowest BCUT2D eigenvalue weighted by Crippen LogP contribution is -2.41. The summed E-state index contributed by atoms with van der Waals surface area (Å²) in [7, 11) is 0. The third-order valence-electron chi connectivity index (χ3n) is 3.07.